The highest BCUT2D eigenvalue weighted by molar-refractivity contribution is 6.14. The average molecular weight is 611 g/mol. The number of nitrogens with zero attached hydrogens (tertiary/aromatic N) is 4. The van der Waals surface area contributed by atoms with Gasteiger partial charge in [-0.15, -0.1) is 0 Å². The number of hydrogen-bond donors (Lipinski definition) is 0. The van der Waals surface area contributed by atoms with Crippen LogP contribution in [0.5, 0.6) is 0 Å². The summed E-state index contributed by atoms with van der Waals surface area (Å²) >= 11 is 0. The van der Waals surface area contributed by atoms with Crippen molar-refractivity contribution in [3.8, 4) is 39.7 Å². The second-order valence-corrected chi connectivity index (χ2v) is 11.9. The van der Waals surface area contributed by atoms with E-state index >= 15 is 0 Å². The van der Waals surface area contributed by atoms with Crippen molar-refractivity contribution in [3.63, 3.8) is 0 Å². The van der Waals surface area contributed by atoms with Crippen molar-refractivity contribution < 1.29 is 0 Å². The molecule has 0 spiro atoms. The Bertz CT molecular complexity index is 2760. The first-order valence-electron chi connectivity index (χ1n) is 15.9. The normalized spacial score (nSPS) is 11.3. The smallest absolute Gasteiger partial charge is 0.211 e. The molecule has 0 N–H and O–H groups in total. The summed E-state index contributed by atoms with van der Waals surface area (Å²) < 4.78 is 4.52. The highest BCUT2D eigenvalue weighted by Gasteiger charge is 2.19. The molecule has 4 heteroatoms. The number of fused-ring (bicyclic) bond motifs is 6. The average Bonchev–Trinajstić information content (AvgIpc) is 3.68. The molecule has 0 bridgehead atoms. The van der Waals surface area contributed by atoms with Crippen molar-refractivity contribution >= 4 is 49.3 Å². The Morgan fingerprint density at radius 3 is 1.79 bits per heavy atom. The lowest BCUT2D eigenvalue weighted by Crippen LogP contribution is -1.98. The second-order valence-electron chi connectivity index (χ2n) is 11.9. The molecule has 0 radical (unpaired) electrons. The SMILES string of the molecule is [C-]#[N+]c1cccc2c3ccccc3n(-c3ccccc3-c3ccc(C#N)c(-c4cccc(-n5c6ccccc6c6ccccc65)c4)c3)c12. The van der Waals surface area contributed by atoms with Crippen molar-refractivity contribution in [1.82, 2.24) is 9.13 Å². The van der Waals surface area contributed by atoms with Crippen LogP contribution < -0.4 is 0 Å². The molecule has 0 saturated heterocycles. The van der Waals surface area contributed by atoms with E-state index in [1.54, 1.807) is 0 Å². The summed E-state index contributed by atoms with van der Waals surface area (Å²) in [6.07, 6.45) is 0. The van der Waals surface area contributed by atoms with Gasteiger partial charge in [-0.05, 0) is 65.0 Å². The van der Waals surface area contributed by atoms with E-state index in [2.05, 4.69) is 129 Å². The minimum atomic E-state index is 0.612. The van der Waals surface area contributed by atoms with Gasteiger partial charge in [-0.2, -0.15) is 5.26 Å². The molecule has 0 atom stereocenters. The zero-order valence-corrected chi connectivity index (χ0v) is 25.8. The van der Waals surface area contributed by atoms with Crippen molar-refractivity contribution in [2.75, 3.05) is 0 Å². The summed E-state index contributed by atoms with van der Waals surface area (Å²) in [5, 5.41) is 14.9. The van der Waals surface area contributed by atoms with E-state index < -0.39 is 0 Å². The van der Waals surface area contributed by atoms with Gasteiger partial charge in [-0.25, -0.2) is 4.85 Å². The van der Waals surface area contributed by atoms with Crippen molar-refractivity contribution in [3.05, 3.63) is 175 Å². The predicted octanol–water partition coefficient (Wildman–Crippen LogP) is 11.6. The molecule has 0 saturated carbocycles. The Kier molecular flexibility index (Phi) is 6.22. The fourth-order valence-corrected chi connectivity index (χ4v) is 7.32. The van der Waals surface area contributed by atoms with Gasteiger partial charge in [-0.1, -0.05) is 109 Å². The minimum absolute atomic E-state index is 0.612. The molecule has 0 aliphatic heterocycles. The van der Waals surface area contributed by atoms with Crippen LogP contribution in [0.2, 0.25) is 0 Å². The Balaban J connectivity index is 1.25. The molecule has 0 aliphatic rings. The third-order valence-corrected chi connectivity index (χ3v) is 9.39. The third-order valence-electron chi connectivity index (χ3n) is 9.39. The van der Waals surface area contributed by atoms with E-state index in [9.17, 15) is 5.26 Å². The van der Waals surface area contributed by atoms with Crippen molar-refractivity contribution in [1.29, 1.82) is 5.26 Å². The Morgan fingerprint density at radius 2 is 1.08 bits per heavy atom. The fourth-order valence-electron chi connectivity index (χ4n) is 7.32. The van der Waals surface area contributed by atoms with Crippen LogP contribution >= 0.6 is 0 Å². The van der Waals surface area contributed by atoms with Gasteiger partial charge >= 0.3 is 0 Å². The molecule has 0 unspecified atom stereocenters. The van der Waals surface area contributed by atoms with Gasteiger partial charge in [0.2, 0.25) is 5.69 Å². The first kappa shape index (κ1) is 27.4. The highest BCUT2D eigenvalue weighted by Crippen LogP contribution is 2.41. The number of rotatable bonds is 4. The van der Waals surface area contributed by atoms with Crippen LogP contribution in [0.25, 0.3) is 82.1 Å². The van der Waals surface area contributed by atoms with Crippen LogP contribution in [0.4, 0.5) is 5.69 Å². The zero-order valence-electron chi connectivity index (χ0n) is 25.8. The standard InChI is InChI=1S/C44H26N4/c1-46-39-19-11-18-37-36-17-5-9-23-43(36)48(44(37)39)40-20-6-2-14-33(40)30-24-25-31(28-45)38(27-30)29-12-10-13-32(26-29)47-41-21-7-3-15-34(41)35-16-4-8-22-42(35)47/h2-27H. The Labute approximate surface area is 277 Å². The molecule has 2 heterocycles. The zero-order chi connectivity index (χ0) is 32.2. The molecule has 9 aromatic rings. The molecular formula is C44H26N4. The van der Waals surface area contributed by atoms with E-state index in [1.165, 1.54) is 10.8 Å². The lowest BCUT2D eigenvalue weighted by atomic mass is 9.94. The maximum absolute atomic E-state index is 10.3. The van der Waals surface area contributed by atoms with E-state index in [-0.39, 0.29) is 0 Å². The lowest BCUT2D eigenvalue weighted by Gasteiger charge is -2.16. The van der Waals surface area contributed by atoms with Gasteiger partial charge in [0.15, 0.2) is 0 Å². The predicted molar refractivity (Wildman–Crippen MR) is 197 cm³/mol. The van der Waals surface area contributed by atoms with E-state index in [4.69, 9.17) is 6.57 Å². The third kappa shape index (κ3) is 4.07. The van der Waals surface area contributed by atoms with Crippen LogP contribution in [-0.2, 0) is 0 Å². The van der Waals surface area contributed by atoms with Crippen LogP contribution in [0.1, 0.15) is 5.56 Å². The van der Waals surface area contributed by atoms with Crippen LogP contribution in [0.3, 0.4) is 0 Å². The Hall–Kier alpha value is -6.88. The molecular weight excluding hydrogens is 585 g/mol. The van der Waals surface area contributed by atoms with Gasteiger partial charge in [0.1, 0.15) is 0 Å². The van der Waals surface area contributed by atoms with Gasteiger partial charge in [0.05, 0.1) is 46.0 Å². The first-order chi connectivity index (χ1) is 23.7. The molecule has 7 aromatic carbocycles. The van der Waals surface area contributed by atoms with E-state index in [0.29, 0.717) is 11.3 Å². The second kappa shape index (κ2) is 10.9. The topological polar surface area (TPSA) is 38.0 Å². The maximum atomic E-state index is 10.3. The minimum Gasteiger partial charge on any atom is -0.318 e. The highest BCUT2D eigenvalue weighted by atomic mass is 15.0. The molecule has 48 heavy (non-hydrogen) atoms. The van der Waals surface area contributed by atoms with Crippen LogP contribution in [0, 0.1) is 17.9 Å². The monoisotopic (exact) mass is 610 g/mol. The molecule has 0 amide bonds. The summed E-state index contributed by atoms with van der Waals surface area (Å²) in [5.74, 6) is 0. The molecule has 4 nitrogen and oxygen atoms in total. The largest absolute Gasteiger partial charge is 0.318 e. The molecule has 0 aliphatic carbocycles. The van der Waals surface area contributed by atoms with E-state index in [1.807, 2.05) is 48.5 Å². The summed E-state index contributed by atoms with van der Waals surface area (Å²) in [6.45, 7) is 7.98. The van der Waals surface area contributed by atoms with Gasteiger partial charge in [0, 0.05) is 33.0 Å². The number of benzene rings is 7. The van der Waals surface area contributed by atoms with Gasteiger partial charge < -0.3 is 9.13 Å². The summed E-state index contributed by atoms with van der Waals surface area (Å²) in [5.41, 5.74) is 11.3. The van der Waals surface area contributed by atoms with Crippen molar-refractivity contribution in [2.45, 2.75) is 0 Å². The maximum Gasteiger partial charge on any atom is 0.211 e. The summed E-state index contributed by atoms with van der Waals surface area (Å²) in [6, 6.07) is 56.6. The number of aromatic nitrogens is 2. The lowest BCUT2D eigenvalue weighted by molar-refractivity contribution is 1.18. The first-order valence-corrected chi connectivity index (χ1v) is 15.9. The number of nitriles is 1. The van der Waals surface area contributed by atoms with Crippen molar-refractivity contribution in [2.24, 2.45) is 0 Å². The van der Waals surface area contributed by atoms with Crippen LogP contribution in [-0.4, -0.2) is 9.13 Å². The van der Waals surface area contributed by atoms with Crippen LogP contribution in [0.15, 0.2) is 158 Å². The molecule has 222 valence electrons. The molecule has 0 fully saturated rings. The van der Waals surface area contributed by atoms with Gasteiger partial charge in [0.25, 0.3) is 0 Å². The number of hydrogen-bond acceptors (Lipinski definition) is 1. The summed E-state index contributed by atoms with van der Waals surface area (Å²) in [7, 11) is 0. The Morgan fingerprint density at radius 1 is 0.500 bits per heavy atom. The summed E-state index contributed by atoms with van der Waals surface area (Å²) in [4.78, 5) is 3.92. The van der Waals surface area contributed by atoms with Gasteiger partial charge in [-0.3, -0.25) is 0 Å². The number of para-hydroxylation sites is 5. The molecule has 2 aromatic heterocycles. The quantitative estimate of drug-likeness (QED) is 0.183. The molecule has 9 rings (SSSR count). The fraction of sp³-hybridized carbons (Fsp3) is 0. The van der Waals surface area contributed by atoms with E-state index in [0.717, 1.165) is 66.5 Å².